The van der Waals surface area contributed by atoms with Crippen molar-refractivity contribution in [3.8, 4) is 0 Å². The minimum atomic E-state index is -1.41. The van der Waals surface area contributed by atoms with Crippen molar-refractivity contribution in [1.82, 2.24) is 0 Å². The van der Waals surface area contributed by atoms with Crippen LogP contribution in [0.4, 0.5) is 0 Å². The summed E-state index contributed by atoms with van der Waals surface area (Å²) in [6.45, 7) is 1.39. The Hall–Kier alpha value is 0.230. The second-order valence-electron chi connectivity index (χ2n) is 3.63. The summed E-state index contributed by atoms with van der Waals surface area (Å²) in [7, 11) is 0. The molecular weight excluding hydrogens is 260 g/mol. The van der Waals surface area contributed by atoms with Gasteiger partial charge < -0.3 is 15.6 Å². The van der Waals surface area contributed by atoms with E-state index in [4.69, 9.17) is 28.9 Å². The molecule has 0 fully saturated rings. The van der Waals surface area contributed by atoms with Gasteiger partial charge in [0.25, 0.3) is 0 Å². The van der Waals surface area contributed by atoms with Crippen molar-refractivity contribution in [2.24, 2.45) is 5.73 Å². The van der Waals surface area contributed by atoms with Gasteiger partial charge in [-0.3, -0.25) is 0 Å². The Morgan fingerprint density at radius 3 is 2.44 bits per heavy atom. The monoisotopic (exact) mass is 269 g/mol. The van der Waals surface area contributed by atoms with Gasteiger partial charge in [0.1, 0.15) is 0 Å². The first-order valence-corrected chi connectivity index (χ1v) is 5.03. The molecule has 0 aliphatic heterocycles. The molecule has 3 nitrogen and oxygen atoms in total. The maximum atomic E-state index is 10.7. The number of halogens is 2. The van der Waals surface area contributed by atoms with Crippen molar-refractivity contribution in [3.05, 3.63) is 33.8 Å². The summed E-state index contributed by atoms with van der Waals surface area (Å²) in [5, 5.41) is 11.5. The van der Waals surface area contributed by atoms with Gasteiger partial charge in [-0.15, -0.1) is 0 Å². The van der Waals surface area contributed by atoms with Crippen molar-refractivity contribution < 1.29 is 39.5 Å². The Kier molecular flexibility index (Phi) is 6.33. The van der Waals surface area contributed by atoms with Crippen molar-refractivity contribution in [2.75, 3.05) is 0 Å². The second kappa shape index (κ2) is 6.24. The molecule has 6 heteroatoms. The number of aliphatic carboxylic acids is 1. The molecule has 0 saturated carbocycles. The number of carbonyl (C=O) groups is 1. The molecule has 0 heterocycles. The SMILES string of the molecule is CC(N)(Cc1ccc(Cl)c(Cl)c1)C(=O)[O-].[Na+]. The predicted molar refractivity (Wildman–Crippen MR) is 57.8 cm³/mol. The molecule has 1 unspecified atom stereocenters. The van der Waals surface area contributed by atoms with Crippen LogP contribution in [0.2, 0.25) is 10.0 Å². The molecule has 1 aromatic rings. The fourth-order valence-corrected chi connectivity index (χ4v) is 1.47. The molecule has 0 spiro atoms. The van der Waals surface area contributed by atoms with Crippen LogP contribution in [0.1, 0.15) is 12.5 Å². The van der Waals surface area contributed by atoms with Crippen LogP contribution in [0, 0.1) is 0 Å². The molecule has 0 bridgehead atoms. The third-order valence-corrected chi connectivity index (χ3v) is 2.76. The van der Waals surface area contributed by atoms with Crippen LogP contribution in [0.5, 0.6) is 0 Å². The summed E-state index contributed by atoms with van der Waals surface area (Å²) in [6, 6.07) is 4.88. The van der Waals surface area contributed by atoms with Crippen LogP contribution in [-0.4, -0.2) is 11.5 Å². The van der Waals surface area contributed by atoms with E-state index in [1.807, 2.05) is 0 Å². The Labute approximate surface area is 126 Å². The number of carboxylic acids is 1. The molecule has 1 atom stereocenters. The van der Waals surface area contributed by atoms with Gasteiger partial charge in [0, 0.05) is 0 Å². The van der Waals surface area contributed by atoms with Gasteiger partial charge in [0.15, 0.2) is 0 Å². The summed E-state index contributed by atoms with van der Waals surface area (Å²) in [4.78, 5) is 10.7. The van der Waals surface area contributed by atoms with Gasteiger partial charge in [-0.2, -0.15) is 0 Å². The van der Waals surface area contributed by atoms with Crippen LogP contribution >= 0.6 is 23.2 Å². The molecule has 0 aliphatic rings. The summed E-state index contributed by atoms with van der Waals surface area (Å²) < 4.78 is 0. The number of benzene rings is 1. The average Bonchev–Trinajstić information content (AvgIpc) is 2.10. The smallest absolute Gasteiger partial charge is 0.548 e. The maximum absolute atomic E-state index is 10.7. The summed E-state index contributed by atoms with van der Waals surface area (Å²) in [5.41, 5.74) is 4.84. The number of carboxylic acid groups (broad SMARTS) is 1. The number of nitrogens with two attached hydrogens (primary N) is 1. The molecule has 0 aliphatic carbocycles. The molecule has 1 rings (SSSR count). The molecule has 1 aromatic carbocycles. The van der Waals surface area contributed by atoms with Crippen LogP contribution in [0.15, 0.2) is 18.2 Å². The number of rotatable bonds is 3. The van der Waals surface area contributed by atoms with E-state index in [1.165, 1.54) is 6.92 Å². The first-order valence-electron chi connectivity index (χ1n) is 4.27. The van der Waals surface area contributed by atoms with E-state index in [9.17, 15) is 9.90 Å². The van der Waals surface area contributed by atoms with Crippen molar-refractivity contribution in [3.63, 3.8) is 0 Å². The number of hydrogen-bond donors (Lipinski definition) is 1. The summed E-state index contributed by atoms with van der Waals surface area (Å²) >= 11 is 11.5. The molecule has 0 aromatic heterocycles. The fraction of sp³-hybridized carbons (Fsp3) is 0.300. The number of hydrogen-bond acceptors (Lipinski definition) is 3. The van der Waals surface area contributed by atoms with E-state index in [0.717, 1.165) is 0 Å². The summed E-state index contributed by atoms with van der Waals surface area (Å²) in [5.74, 6) is -1.30. The van der Waals surface area contributed by atoms with Gasteiger partial charge >= 0.3 is 29.6 Å². The topological polar surface area (TPSA) is 66.2 Å². The molecule has 0 radical (unpaired) electrons. The zero-order valence-corrected chi connectivity index (χ0v) is 12.6. The van der Waals surface area contributed by atoms with Crippen LogP contribution in [-0.2, 0) is 11.2 Å². The fourth-order valence-electron chi connectivity index (χ4n) is 1.15. The van der Waals surface area contributed by atoms with Crippen LogP contribution < -0.4 is 40.4 Å². The van der Waals surface area contributed by atoms with E-state index in [2.05, 4.69) is 0 Å². The van der Waals surface area contributed by atoms with Gasteiger partial charge in [-0.25, -0.2) is 0 Å². The Bertz CT molecular complexity index is 396. The Balaban J connectivity index is 0.00000225. The molecule has 16 heavy (non-hydrogen) atoms. The quantitative estimate of drug-likeness (QED) is 0.646. The van der Waals surface area contributed by atoms with E-state index < -0.39 is 11.5 Å². The van der Waals surface area contributed by atoms with E-state index in [0.29, 0.717) is 15.6 Å². The first-order chi connectivity index (χ1) is 6.83. The average molecular weight is 270 g/mol. The van der Waals surface area contributed by atoms with Crippen molar-refractivity contribution in [1.29, 1.82) is 0 Å². The molecule has 0 amide bonds. The van der Waals surface area contributed by atoms with E-state index in [-0.39, 0.29) is 36.0 Å². The standard InChI is InChI=1S/C10H11Cl2NO2.Na/c1-10(13,9(14)15)5-6-2-3-7(11)8(12)4-6;/h2-4H,5,13H2,1H3,(H,14,15);/q;+1/p-1. The third-order valence-electron chi connectivity index (χ3n) is 2.02. The zero-order chi connectivity index (χ0) is 11.6. The van der Waals surface area contributed by atoms with E-state index >= 15 is 0 Å². The molecule has 82 valence electrons. The Morgan fingerprint density at radius 1 is 1.44 bits per heavy atom. The van der Waals surface area contributed by atoms with Gasteiger partial charge in [0.05, 0.1) is 21.6 Å². The molecular formula is C10H10Cl2NNaO2. The minimum absolute atomic E-state index is 0. The largest absolute Gasteiger partial charge is 1.00 e. The third kappa shape index (κ3) is 4.24. The summed E-state index contributed by atoms with van der Waals surface area (Å²) in [6.07, 6.45) is 0.145. The maximum Gasteiger partial charge on any atom is 1.00 e. The second-order valence-corrected chi connectivity index (χ2v) is 4.44. The predicted octanol–water partition coefficient (Wildman–Crippen LogP) is -1.99. The molecule has 0 saturated heterocycles. The van der Waals surface area contributed by atoms with Crippen molar-refractivity contribution in [2.45, 2.75) is 18.9 Å². The minimum Gasteiger partial charge on any atom is -0.548 e. The van der Waals surface area contributed by atoms with E-state index in [1.54, 1.807) is 18.2 Å². The normalized spacial score (nSPS) is 13.8. The van der Waals surface area contributed by atoms with Crippen LogP contribution in [0.3, 0.4) is 0 Å². The number of carbonyl (C=O) groups excluding carboxylic acids is 1. The molecule has 2 N–H and O–H groups in total. The first kappa shape index (κ1) is 16.2. The Morgan fingerprint density at radius 2 is 2.00 bits per heavy atom. The van der Waals surface area contributed by atoms with Gasteiger partial charge in [-0.05, 0) is 31.0 Å². The van der Waals surface area contributed by atoms with Crippen LogP contribution in [0.25, 0.3) is 0 Å². The van der Waals surface area contributed by atoms with Gasteiger partial charge in [0.2, 0.25) is 0 Å². The van der Waals surface area contributed by atoms with Gasteiger partial charge in [-0.1, -0.05) is 29.3 Å². The van der Waals surface area contributed by atoms with Crippen molar-refractivity contribution >= 4 is 29.2 Å². The zero-order valence-electron chi connectivity index (χ0n) is 9.09.